The van der Waals surface area contributed by atoms with Crippen LogP contribution in [0.15, 0.2) is 36.7 Å². The lowest BCUT2D eigenvalue weighted by Crippen LogP contribution is -2.34. The fraction of sp³-hybridized carbons (Fsp3) is 0.421. The van der Waals surface area contributed by atoms with E-state index in [1.165, 1.54) is 0 Å². The van der Waals surface area contributed by atoms with Crippen LogP contribution in [0.25, 0.3) is 11.0 Å². The van der Waals surface area contributed by atoms with Crippen LogP contribution in [0.2, 0.25) is 0 Å². The molecule has 1 amide bonds. The second-order valence-electron chi connectivity index (χ2n) is 6.73. The summed E-state index contributed by atoms with van der Waals surface area (Å²) in [5.41, 5.74) is 2.03. The molecular formula is C19H25N5O. The molecule has 1 atom stereocenters. The number of hydrogen-bond donors (Lipinski definition) is 1. The Hall–Kier alpha value is -2.63. The zero-order valence-electron chi connectivity index (χ0n) is 15.2. The van der Waals surface area contributed by atoms with E-state index in [1.807, 2.05) is 49.0 Å². The smallest absolute Gasteiger partial charge is 0.222 e. The highest BCUT2D eigenvalue weighted by Gasteiger charge is 2.22. The third-order valence-electron chi connectivity index (χ3n) is 4.53. The zero-order valence-corrected chi connectivity index (χ0v) is 15.2. The first-order chi connectivity index (χ1) is 12.0. The van der Waals surface area contributed by atoms with Crippen LogP contribution in [-0.4, -0.2) is 25.0 Å². The molecule has 2 aromatic heterocycles. The van der Waals surface area contributed by atoms with Crippen LogP contribution in [0, 0.1) is 12.8 Å². The van der Waals surface area contributed by atoms with Crippen LogP contribution < -0.4 is 5.32 Å². The summed E-state index contributed by atoms with van der Waals surface area (Å²) >= 11 is 0. The Kier molecular flexibility index (Phi) is 4.88. The lowest BCUT2D eigenvalue weighted by molar-refractivity contribution is -0.122. The van der Waals surface area contributed by atoms with Crippen LogP contribution in [-0.2, 0) is 18.4 Å². The predicted octanol–water partition coefficient (Wildman–Crippen LogP) is 2.98. The monoisotopic (exact) mass is 339 g/mol. The number of rotatable bonds is 6. The Morgan fingerprint density at radius 2 is 2.04 bits per heavy atom. The van der Waals surface area contributed by atoms with Gasteiger partial charge in [-0.15, -0.1) is 0 Å². The van der Waals surface area contributed by atoms with Crippen LogP contribution in [0.4, 0.5) is 0 Å². The SMILES string of the molecule is Cc1nc2ccccc2n1CCC(=O)NC(c1nccn1C)C(C)C. The molecule has 0 aliphatic carbocycles. The standard InChI is InChI=1S/C19H25N5O/c1-13(2)18(19-20-10-12-23(19)4)22-17(25)9-11-24-14(3)21-15-7-5-6-8-16(15)24/h5-8,10,12-13,18H,9,11H2,1-4H3,(H,22,25). The molecule has 0 bridgehead atoms. The molecule has 0 aliphatic rings. The molecule has 1 aromatic carbocycles. The molecule has 0 spiro atoms. The van der Waals surface area contributed by atoms with Crippen LogP contribution in [0.3, 0.4) is 0 Å². The van der Waals surface area contributed by atoms with Crippen molar-refractivity contribution in [1.82, 2.24) is 24.4 Å². The van der Waals surface area contributed by atoms with E-state index >= 15 is 0 Å². The van der Waals surface area contributed by atoms with E-state index < -0.39 is 0 Å². The first-order valence-corrected chi connectivity index (χ1v) is 8.66. The maximum atomic E-state index is 12.5. The number of aryl methyl sites for hydroxylation is 3. The molecule has 25 heavy (non-hydrogen) atoms. The molecule has 1 N–H and O–H groups in total. The predicted molar refractivity (Wildman–Crippen MR) is 98.0 cm³/mol. The number of imidazole rings is 2. The van der Waals surface area contributed by atoms with Gasteiger partial charge in [-0.2, -0.15) is 0 Å². The summed E-state index contributed by atoms with van der Waals surface area (Å²) in [6.07, 6.45) is 4.07. The van der Waals surface area contributed by atoms with Crippen molar-refractivity contribution in [1.29, 1.82) is 0 Å². The quantitative estimate of drug-likeness (QED) is 0.751. The molecule has 0 saturated heterocycles. The number of carbonyl (C=O) groups is 1. The van der Waals surface area contributed by atoms with Gasteiger partial charge >= 0.3 is 0 Å². The molecule has 3 aromatic rings. The number of nitrogens with one attached hydrogen (secondary N) is 1. The van der Waals surface area contributed by atoms with E-state index in [-0.39, 0.29) is 17.9 Å². The maximum absolute atomic E-state index is 12.5. The number of hydrogen-bond acceptors (Lipinski definition) is 3. The lowest BCUT2D eigenvalue weighted by Gasteiger charge is -2.22. The van der Waals surface area contributed by atoms with Gasteiger partial charge in [0, 0.05) is 32.4 Å². The molecule has 132 valence electrons. The van der Waals surface area contributed by atoms with Crippen LogP contribution >= 0.6 is 0 Å². The van der Waals surface area contributed by atoms with Crippen molar-refractivity contribution in [3.8, 4) is 0 Å². The molecule has 6 heteroatoms. The van der Waals surface area contributed by atoms with E-state index in [0.717, 1.165) is 22.7 Å². The number of para-hydroxylation sites is 2. The van der Waals surface area contributed by atoms with E-state index in [9.17, 15) is 4.79 Å². The Labute approximate surface area is 147 Å². The van der Waals surface area contributed by atoms with Crippen molar-refractivity contribution >= 4 is 16.9 Å². The van der Waals surface area contributed by atoms with Crippen LogP contribution in [0.5, 0.6) is 0 Å². The summed E-state index contributed by atoms with van der Waals surface area (Å²) in [6.45, 7) is 6.77. The zero-order chi connectivity index (χ0) is 18.0. The molecule has 0 radical (unpaired) electrons. The van der Waals surface area contributed by atoms with Crippen molar-refractivity contribution < 1.29 is 4.79 Å². The van der Waals surface area contributed by atoms with Gasteiger partial charge in [-0.1, -0.05) is 26.0 Å². The molecular weight excluding hydrogens is 314 g/mol. The lowest BCUT2D eigenvalue weighted by atomic mass is 10.0. The molecule has 3 rings (SSSR count). The van der Waals surface area contributed by atoms with Crippen molar-refractivity contribution in [2.24, 2.45) is 13.0 Å². The Balaban J connectivity index is 1.69. The number of fused-ring (bicyclic) bond motifs is 1. The highest BCUT2D eigenvalue weighted by atomic mass is 16.1. The van der Waals surface area contributed by atoms with Gasteiger partial charge in [0.15, 0.2) is 0 Å². The molecule has 2 heterocycles. The number of benzene rings is 1. The van der Waals surface area contributed by atoms with E-state index in [1.54, 1.807) is 6.20 Å². The summed E-state index contributed by atoms with van der Waals surface area (Å²) in [4.78, 5) is 21.5. The van der Waals surface area contributed by atoms with Gasteiger partial charge in [-0.3, -0.25) is 4.79 Å². The Morgan fingerprint density at radius 3 is 2.72 bits per heavy atom. The fourth-order valence-electron chi connectivity index (χ4n) is 3.14. The van der Waals surface area contributed by atoms with E-state index in [4.69, 9.17) is 0 Å². The largest absolute Gasteiger partial charge is 0.346 e. The molecule has 6 nitrogen and oxygen atoms in total. The minimum atomic E-state index is -0.0897. The minimum Gasteiger partial charge on any atom is -0.346 e. The van der Waals surface area contributed by atoms with Crippen molar-refractivity contribution in [3.05, 3.63) is 48.3 Å². The molecule has 0 aliphatic heterocycles. The Bertz CT molecular complexity index is 877. The first-order valence-electron chi connectivity index (χ1n) is 8.66. The van der Waals surface area contributed by atoms with Gasteiger partial charge in [0.05, 0.1) is 17.1 Å². The first kappa shape index (κ1) is 17.2. The summed E-state index contributed by atoms with van der Waals surface area (Å²) in [6, 6.07) is 7.92. The average Bonchev–Trinajstić information content (AvgIpc) is 3.13. The molecule has 1 unspecified atom stereocenters. The van der Waals surface area contributed by atoms with Crippen molar-refractivity contribution in [2.75, 3.05) is 0 Å². The summed E-state index contributed by atoms with van der Waals surface area (Å²) < 4.78 is 4.05. The number of amides is 1. The second-order valence-corrected chi connectivity index (χ2v) is 6.73. The maximum Gasteiger partial charge on any atom is 0.222 e. The van der Waals surface area contributed by atoms with Gasteiger partial charge in [0.25, 0.3) is 0 Å². The summed E-state index contributed by atoms with van der Waals surface area (Å²) in [5, 5.41) is 3.13. The average molecular weight is 339 g/mol. The highest BCUT2D eigenvalue weighted by molar-refractivity contribution is 5.78. The fourth-order valence-corrected chi connectivity index (χ4v) is 3.14. The van der Waals surface area contributed by atoms with Gasteiger partial charge in [-0.25, -0.2) is 9.97 Å². The third-order valence-corrected chi connectivity index (χ3v) is 4.53. The van der Waals surface area contributed by atoms with Crippen molar-refractivity contribution in [3.63, 3.8) is 0 Å². The number of aromatic nitrogens is 4. The van der Waals surface area contributed by atoms with Gasteiger partial charge in [0.2, 0.25) is 5.91 Å². The minimum absolute atomic E-state index is 0.0267. The highest BCUT2D eigenvalue weighted by Crippen LogP contribution is 2.20. The van der Waals surface area contributed by atoms with Crippen molar-refractivity contribution in [2.45, 2.75) is 39.8 Å². The van der Waals surface area contributed by atoms with Gasteiger partial charge < -0.3 is 14.5 Å². The second kappa shape index (κ2) is 7.09. The molecule has 0 fully saturated rings. The third kappa shape index (κ3) is 3.57. The van der Waals surface area contributed by atoms with Crippen LogP contribution in [0.1, 0.15) is 38.0 Å². The number of carbonyl (C=O) groups excluding carboxylic acids is 1. The topological polar surface area (TPSA) is 64.7 Å². The van der Waals surface area contributed by atoms with Gasteiger partial charge in [-0.05, 0) is 25.0 Å². The van der Waals surface area contributed by atoms with E-state index in [0.29, 0.717) is 13.0 Å². The Morgan fingerprint density at radius 1 is 1.28 bits per heavy atom. The normalized spacial score (nSPS) is 12.7. The summed E-state index contributed by atoms with van der Waals surface area (Å²) in [5.74, 6) is 2.10. The number of nitrogens with zero attached hydrogens (tertiary/aromatic N) is 4. The molecule has 0 saturated carbocycles. The summed E-state index contributed by atoms with van der Waals surface area (Å²) in [7, 11) is 1.95. The van der Waals surface area contributed by atoms with Gasteiger partial charge in [0.1, 0.15) is 11.6 Å². The van der Waals surface area contributed by atoms with E-state index in [2.05, 4.69) is 33.7 Å².